The van der Waals surface area contributed by atoms with Crippen LogP contribution in [-0.2, 0) is 6.42 Å². The molecule has 37 heavy (non-hydrogen) atoms. The Morgan fingerprint density at radius 1 is 0.297 bits per heavy atom. The smallest absolute Gasteiger partial charge is 0.00128 e. The van der Waals surface area contributed by atoms with E-state index in [0.29, 0.717) is 0 Å². The van der Waals surface area contributed by atoms with Crippen LogP contribution in [0.1, 0.15) is 11.1 Å². The minimum atomic E-state index is 0.945. The number of hydrogen-bond donors (Lipinski definition) is 0. The highest BCUT2D eigenvalue weighted by Gasteiger charge is 2.29. The molecule has 6 aromatic carbocycles. The minimum absolute atomic E-state index is 0.945. The molecule has 0 unspecified atom stereocenters. The van der Waals surface area contributed by atoms with E-state index in [4.69, 9.17) is 0 Å². The number of benzene rings is 6. The number of fused-ring (bicyclic) bond motifs is 3. The van der Waals surface area contributed by atoms with Crippen LogP contribution in [0.25, 0.3) is 55.6 Å². The Morgan fingerprint density at radius 3 is 1.35 bits per heavy atom. The molecule has 0 fully saturated rings. The number of hydrogen-bond acceptors (Lipinski definition) is 0. The first-order valence-corrected chi connectivity index (χ1v) is 12.9. The van der Waals surface area contributed by atoms with E-state index in [1.807, 2.05) is 0 Å². The fourth-order valence-electron chi connectivity index (χ4n) is 5.91. The highest BCUT2D eigenvalue weighted by Crippen LogP contribution is 2.53. The van der Waals surface area contributed by atoms with Gasteiger partial charge in [0.2, 0.25) is 0 Å². The summed E-state index contributed by atoms with van der Waals surface area (Å²) in [5.41, 5.74) is 15.8. The summed E-state index contributed by atoms with van der Waals surface area (Å²) >= 11 is 0. The molecule has 0 heterocycles. The topological polar surface area (TPSA) is 0 Å². The summed E-state index contributed by atoms with van der Waals surface area (Å²) < 4.78 is 0. The predicted molar refractivity (Wildman–Crippen MR) is 156 cm³/mol. The van der Waals surface area contributed by atoms with Crippen molar-refractivity contribution in [1.29, 1.82) is 0 Å². The second-order valence-electron chi connectivity index (χ2n) is 9.69. The second-order valence-corrected chi connectivity index (χ2v) is 9.69. The maximum Gasteiger partial charge on any atom is -0.00128 e. The van der Waals surface area contributed by atoms with Crippen molar-refractivity contribution in [3.63, 3.8) is 0 Å². The molecule has 0 bridgehead atoms. The molecule has 6 aromatic rings. The third kappa shape index (κ3) is 3.70. The summed E-state index contributed by atoms with van der Waals surface area (Å²) in [6.07, 6.45) is 0.945. The Bertz CT molecular complexity index is 1700. The Hall–Kier alpha value is -4.68. The van der Waals surface area contributed by atoms with Crippen molar-refractivity contribution in [1.82, 2.24) is 0 Å². The molecule has 0 amide bonds. The molecule has 0 nitrogen and oxygen atoms in total. The van der Waals surface area contributed by atoms with E-state index in [1.54, 1.807) is 0 Å². The molecule has 1 aliphatic rings. The van der Waals surface area contributed by atoms with Crippen molar-refractivity contribution >= 4 is 0 Å². The molecule has 0 aliphatic heterocycles. The van der Waals surface area contributed by atoms with Crippen molar-refractivity contribution in [3.05, 3.63) is 157 Å². The van der Waals surface area contributed by atoms with Crippen LogP contribution >= 0.6 is 0 Å². The average molecular weight is 471 g/mol. The van der Waals surface area contributed by atoms with E-state index in [0.717, 1.165) is 6.42 Å². The van der Waals surface area contributed by atoms with Crippen molar-refractivity contribution in [2.75, 3.05) is 0 Å². The second kappa shape index (κ2) is 9.08. The molecule has 1 aliphatic carbocycles. The quantitative estimate of drug-likeness (QED) is 0.240. The van der Waals surface area contributed by atoms with E-state index in [2.05, 4.69) is 146 Å². The first-order valence-electron chi connectivity index (χ1n) is 12.9. The fraction of sp³-hybridized carbons (Fsp3) is 0.0270. The third-order valence-corrected chi connectivity index (χ3v) is 7.49. The van der Waals surface area contributed by atoms with Crippen LogP contribution in [0.2, 0.25) is 0 Å². The molecule has 0 heteroatoms. The van der Waals surface area contributed by atoms with Gasteiger partial charge in [-0.1, -0.05) is 140 Å². The molecular formula is C37H26. The van der Waals surface area contributed by atoms with Gasteiger partial charge >= 0.3 is 0 Å². The third-order valence-electron chi connectivity index (χ3n) is 7.49. The van der Waals surface area contributed by atoms with Crippen molar-refractivity contribution in [2.45, 2.75) is 6.42 Å². The van der Waals surface area contributed by atoms with E-state index in [1.165, 1.54) is 66.8 Å². The molecule has 0 radical (unpaired) electrons. The van der Waals surface area contributed by atoms with Crippen LogP contribution in [0.4, 0.5) is 0 Å². The van der Waals surface area contributed by atoms with Crippen LogP contribution in [0.15, 0.2) is 146 Å². The van der Waals surface area contributed by atoms with E-state index < -0.39 is 0 Å². The summed E-state index contributed by atoms with van der Waals surface area (Å²) in [5, 5.41) is 0. The van der Waals surface area contributed by atoms with Gasteiger partial charge in [-0.2, -0.15) is 0 Å². The summed E-state index contributed by atoms with van der Waals surface area (Å²) in [5.74, 6) is 0. The largest absolute Gasteiger partial charge is 0.0622 e. The zero-order chi connectivity index (χ0) is 24.6. The predicted octanol–water partition coefficient (Wildman–Crippen LogP) is 9.93. The Labute approximate surface area is 218 Å². The van der Waals surface area contributed by atoms with Crippen LogP contribution in [0.5, 0.6) is 0 Å². The number of rotatable bonds is 4. The zero-order valence-corrected chi connectivity index (χ0v) is 20.6. The summed E-state index contributed by atoms with van der Waals surface area (Å²) in [6.45, 7) is 0. The van der Waals surface area contributed by atoms with E-state index >= 15 is 0 Å². The van der Waals surface area contributed by atoms with Gasteiger partial charge in [-0.05, 0) is 79.2 Å². The lowest BCUT2D eigenvalue weighted by Gasteiger charge is -2.22. The van der Waals surface area contributed by atoms with Crippen molar-refractivity contribution < 1.29 is 0 Å². The molecule has 0 N–H and O–H groups in total. The van der Waals surface area contributed by atoms with Crippen LogP contribution in [-0.4, -0.2) is 0 Å². The summed E-state index contributed by atoms with van der Waals surface area (Å²) in [4.78, 5) is 0. The first-order chi connectivity index (χ1) is 18.4. The van der Waals surface area contributed by atoms with Gasteiger partial charge in [0, 0.05) is 0 Å². The van der Waals surface area contributed by atoms with Gasteiger partial charge in [0.1, 0.15) is 0 Å². The van der Waals surface area contributed by atoms with Gasteiger partial charge in [0.15, 0.2) is 0 Å². The SMILES string of the molecule is c1ccc(-c2cccc3c2-c2c(cc(-c4ccccc4)c(-c4ccccc4)c2-c2ccccc2)C3)cc1. The minimum Gasteiger partial charge on any atom is -0.0622 e. The molecule has 0 spiro atoms. The van der Waals surface area contributed by atoms with Crippen LogP contribution in [0.3, 0.4) is 0 Å². The maximum atomic E-state index is 2.45. The van der Waals surface area contributed by atoms with E-state index in [-0.39, 0.29) is 0 Å². The highest BCUT2D eigenvalue weighted by atomic mass is 14.3. The summed E-state index contributed by atoms with van der Waals surface area (Å²) in [6, 6.07) is 52.8. The Kier molecular flexibility index (Phi) is 5.30. The zero-order valence-electron chi connectivity index (χ0n) is 20.6. The van der Waals surface area contributed by atoms with Crippen molar-refractivity contribution in [2.24, 2.45) is 0 Å². The van der Waals surface area contributed by atoms with Crippen LogP contribution in [0, 0.1) is 0 Å². The standard InChI is InChI=1S/C37H26/c1-5-14-26(15-6-1)32-23-13-22-30-24-31-25-33(27-16-7-2-8-17-27)34(28-18-9-3-10-19-28)36(37(31)35(30)32)29-20-11-4-12-21-29/h1-23,25H,24H2. The molecule has 174 valence electrons. The molecule has 7 rings (SSSR count). The fourth-order valence-corrected chi connectivity index (χ4v) is 5.91. The highest BCUT2D eigenvalue weighted by molar-refractivity contribution is 6.07. The molecule has 0 atom stereocenters. The molecule has 0 saturated heterocycles. The van der Waals surface area contributed by atoms with Crippen LogP contribution < -0.4 is 0 Å². The lowest BCUT2D eigenvalue weighted by atomic mass is 9.81. The molecular weight excluding hydrogens is 444 g/mol. The first kappa shape index (κ1) is 21.6. The van der Waals surface area contributed by atoms with Gasteiger partial charge in [-0.25, -0.2) is 0 Å². The van der Waals surface area contributed by atoms with Gasteiger partial charge in [0.05, 0.1) is 0 Å². The Balaban J connectivity index is 1.64. The van der Waals surface area contributed by atoms with Crippen molar-refractivity contribution in [3.8, 4) is 55.6 Å². The average Bonchev–Trinajstić information content (AvgIpc) is 3.36. The Morgan fingerprint density at radius 2 is 0.784 bits per heavy atom. The molecule has 0 saturated carbocycles. The van der Waals surface area contributed by atoms with Gasteiger partial charge < -0.3 is 0 Å². The normalized spacial score (nSPS) is 11.7. The van der Waals surface area contributed by atoms with Gasteiger partial charge in [-0.3, -0.25) is 0 Å². The maximum absolute atomic E-state index is 2.45. The monoisotopic (exact) mass is 470 g/mol. The lowest BCUT2D eigenvalue weighted by molar-refractivity contribution is 1.26. The van der Waals surface area contributed by atoms with Gasteiger partial charge in [-0.15, -0.1) is 0 Å². The van der Waals surface area contributed by atoms with E-state index in [9.17, 15) is 0 Å². The molecule has 0 aromatic heterocycles. The summed E-state index contributed by atoms with van der Waals surface area (Å²) in [7, 11) is 0. The lowest BCUT2D eigenvalue weighted by Crippen LogP contribution is -1.96. The van der Waals surface area contributed by atoms with Gasteiger partial charge in [0.25, 0.3) is 0 Å².